The van der Waals surface area contributed by atoms with E-state index in [-0.39, 0.29) is 0 Å². The number of benzene rings is 3. The molecule has 36 heavy (non-hydrogen) atoms. The second-order valence-electron chi connectivity index (χ2n) is 9.28. The van der Waals surface area contributed by atoms with E-state index in [0.29, 0.717) is 6.61 Å². The van der Waals surface area contributed by atoms with Crippen LogP contribution in [-0.4, -0.2) is 62.2 Å². The van der Waals surface area contributed by atoms with Crippen LogP contribution in [0.3, 0.4) is 0 Å². The first-order valence-electron chi connectivity index (χ1n) is 13.1. The molecule has 1 saturated heterocycles. The molecular formula is C31H38ClN3O. The van der Waals surface area contributed by atoms with Gasteiger partial charge in [0.05, 0.1) is 0 Å². The van der Waals surface area contributed by atoms with Gasteiger partial charge < -0.3 is 15.4 Å². The van der Waals surface area contributed by atoms with Crippen LogP contribution in [0.15, 0.2) is 78.9 Å². The van der Waals surface area contributed by atoms with E-state index in [1.54, 1.807) is 0 Å². The van der Waals surface area contributed by atoms with E-state index in [1.807, 2.05) is 12.1 Å². The van der Waals surface area contributed by atoms with Crippen LogP contribution in [0.4, 0.5) is 0 Å². The number of nitrogens with two attached hydrogens (primary N) is 1. The number of halogens is 1. The SMILES string of the molecule is CC/C(=C(/c1ccc(Cl)cc1)c1ccc(OCCN2CCN(CCCN)CC2)cc1)c1ccccc1. The number of nitrogens with zero attached hydrogens (tertiary/aromatic N) is 2. The maximum Gasteiger partial charge on any atom is 0.119 e. The summed E-state index contributed by atoms with van der Waals surface area (Å²) in [6, 6.07) is 27.3. The molecule has 190 valence electrons. The molecule has 3 aromatic rings. The summed E-state index contributed by atoms with van der Waals surface area (Å²) in [7, 11) is 0. The van der Waals surface area contributed by atoms with Gasteiger partial charge in [-0.3, -0.25) is 4.90 Å². The number of piperazine rings is 1. The smallest absolute Gasteiger partial charge is 0.119 e. The Bertz CT molecular complexity index is 1090. The molecule has 4 rings (SSSR count). The average Bonchev–Trinajstić information content (AvgIpc) is 2.93. The van der Waals surface area contributed by atoms with Gasteiger partial charge in [-0.15, -0.1) is 0 Å². The van der Waals surface area contributed by atoms with Gasteiger partial charge in [-0.1, -0.05) is 73.1 Å². The summed E-state index contributed by atoms with van der Waals surface area (Å²) in [5, 5.41) is 0.747. The average molecular weight is 504 g/mol. The molecule has 1 heterocycles. The Hall–Kier alpha value is -2.63. The first kappa shape index (κ1) is 26.4. The highest BCUT2D eigenvalue weighted by atomic mass is 35.5. The van der Waals surface area contributed by atoms with Crippen LogP contribution in [0.2, 0.25) is 5.02 Å². The van der Waals surface area contributed by atoms with Crippen molar-refractivity contribution in [2.24, 2.45) is 5.73 Å². The van der Waals surface area contributed by atoms with Gasteiger partial charge in [0.25, 0.3) is 0 Å². The number of hydrogen-bond donors (Lipinski definition) is 1. The van der Waals surface area contributed by atoms with Gasteiger partial charge in [0.15, 0.2) is 0 Å². The molecule has 3 aromatic carbocycles. The first-order chi connectivity index (χ1) is 17.7. The third kappa shape index (κ3) is 7.21. The quantitative estimate of drug-likeness (QED) is 0.323. The summed E-state index contributed by atoms with van der Waals surface area (Å²) < 4.78 is 6.12. The lowest BCUT2D eigenvalue weighted by molar-refractivity contribution is 0.116. The molecule has 1 aliphatic heterocycles. The zero-order valence-electron chi connectivity index (χ0n) is 21.3. The highest BCUT2D eigenvalue weighted by Crippen LogP contribution is 2.35. The molecule has 0 unspecified atom stereocenters. The molecule has 1 aliphatic rings. The summed E-state index contributed by atoms with van der Waals surface area (Å²) in [4.78, 5) is 5.00. The summed E-state index contributed by atoms with van der Waals surface area (Å²) in [6.45, 7) is 10.2. The third-order valence-corrected chi connectivity index (χ3v) is 7.13. The predicted molar refractivity (Wildman–Crippen MR) is 153 cm³/mol. The minimum Gasteiger partial charge on any atom is -0.492 e. The van der Waals surface area contributed by atoms with Crippen LogP contribution in [-0.2, 0) is 0 Å². The Balaban J connectivity index is 1.44. The molecule has 0 atom stereocenters. The maximum absolute atomic E-state index is 6.20. The van der Waals surface area contributed by atoms with Crippen molar-refractivity contribution in [3.05, 3.63) is 101 Å². The largest absolute Gasteiger partial charge is 0.492 e. The lowest BCUT2D eigenvalue weighted by Gasteiger charge is -2.34. The second kappa shape index (κ2) is 13.6. The van der Waals surface area contributed by atoms with Crippen molar-refractivity contribution in [2.45, 2.75) is 19.8 Å². The van der Waals surface area contributed by atoms with Gasteiger partial charge >= 0.3 is 0 Å². The van der Waals surface area contributed by atoms with Crippen molar-refractivity contribution < 1.29 is 4.74 Å². The van der Waals surface area contributed by atoms with E-state index in [9.17, 15) is 0 Å². The zero-order chi connectivity index (χ0) is 25.2. The number of allylic oxidation sites excluding steroid dienone is 1. The van der Waals surface area contributed by atoms with Gasteiger partial charge in [-0.2, -0.15) is 0 Å². The Morgan fingerprint density at radius 2 is 1.36 bits per heavy atom. The van der Waals surface area contributed by atoms with Crippen molar-refractivity contribution in [1.29, 1.82) is 0 Å². The Labute approximate surface area is 221 Å². The Kier molecular flexibility index (Phi) is 10.00. The molecule has 1 fully saturated rings. The lowest BCUT2D eigenvalue weighted by atomic mass is 9.88. The van der Waals surface area contributed by atoms with Gasteiger partial charge in [-0.25, -0.2) is 0 Å². The van der Waals surface area contributed by atoms with Crippen LogP contribution >= 0.6 is 11.6 Å². The molecule has 0 aromatic heterocycles. The Morgan fingerprint density at radius 3 is 1.94 bits per heavy atom. The van der Waals surface area contributed by atoms with Crippen molar-refractivity contribution in [2.75, 3.05) is 52.4 Å². The molecule has 0 aliphatic carbocycles. The summed E-state index contributed by atoms with van der Waals surface area (Å²) in [6.07, 6.45) is 2.01. The lowest BCUT2D eigenvalue weighted by Crippen LogP contribution is -2.47. The topological polar surface area (TPSA) is 41.7 Å². The summed E-state index contributed by atoms with van der Waals surface area (Å²) >= 11 is 6.20. The molecule has 0 bridgehead atoms. The van der Waals surface area contributed by atoms with E-state index in [0.717, 1.165) is 69.4 Å². The second-order valence-corrected chi connectivity index (χ2v) is 9.71. The normalized spacial score (nSPS) is 15.5. The summed E-state index contributed by atoms with van der Waals surface area (Å²) in [5.41, 5.74) is 11.8. The van der Waals surface area contributed by atoms with E-state index in [4.69, 9.17) is 22.1 Å². The zero-order valence-corrected chi connectivity index (χ0v) is 22.1. The molecule has 0 radical (unpaired) electrons. The third-order valence-electron chi connectivity index (χ3n) is 6.87. The number of hydrogen-bond acceptors (Lipinski definition) is 4. The predicted octanol–water partition coefficient (Wildman–Crippen LogP) is 6.05. The van der Waals surface area contributed by atoms with Crippen molar-refractivity contribution in [3.63, 3.8) is 0 Å². The van der Waals surface area contributed by atoms with Gasteiger partial charge in [0.2, 0.25) is 0 Å². The van der Waals surface area contributed by atoms with Crippen LogP contribution in [0, 0.1) is 0 Å². The van der Waals surface area contributed by atoms with Crippen molar-refractivity contribution in [1.82, 2.24) is 9.80 Å². The fourth-order valence-corrected chi connectivity index (χ4v) is 4.98. The molecule has 4 nitrogen and oxygen atoms in total. The van der Waals surface area contributed by atoms with Crippen LogP contribution in [0.1, 0.15) is 36.5 Å². The standard InChI is InChI=1S/C31H38ClN3O/c1-2-30(25-7-4-3-5-8-25)31(26-9-13-28(32)14-10-26)27-11-15-29(16-12-27)36-24-23-35-21-19-34(20-22-35)18-6-17-33/h3-5,7-16H,2,6,17-24,33H2,1H3/b31-30+. The fraction of sp³-hybridized carbons (Fsp3) is 0.355. The fourth-order valence-electron chi connectivity index (χ4n) is 4.86. The van der Waals surface area contributed by atoms with E-state index in [2.05, 4.69) is 83.5 Å². The highest BCUT2D eigenvalue weighted by Gasteiger charge is 2.16. The maximum atomic E-state index is 6.20. The van der Waals surface area contributed by atoms with Gasteiger partial charge in [-0.05, 0) is 78.0 Å². The van der Waals surface area contributed by atoms with Gasteiger partial charge in [0.1, 0.15) is 12.4 Å². The van der Waals surface area contributed by atoms with Crippen LogP contribution < -0.4 is 10.5 Å². The Morgan fingerprint density at radius 1 is 0.778 bits per heavy atom. The van der Waals surface area contributed by atoms with E-state index < -0.39 is 0 Å². The van der Waals surface area contributed by atoms with E-state index in [1.165, 1.54) is 27.8 Å². The van der Waals surface area contributed by atoms with Crippen LogP contribution in [0.5, 0.6) is 5.75 Å². The van der Waals surface area contributed by atoms with Crippen molar-refractivity contribution in [3.8, 4) is 5.75 Å². The summed E-state index contributed by atoms with van der Waals surface area (Å²) in [5.74, 6) is 0.911. The molecular weight excluding hydrogens is 466 g/mol. The highest BCUT2D eigenvalue weighted by molar-refractivity contribution is 6.30. The van der Waals surface area contributed by atoms with Crippen molar-refractivity contribution >= 4 is 22.7 Å². The molecule has 2 N–H and O–H groups in total. The first-order valence-corrected chi connectivity index (χ1v) is 13.5. The molecule has 0 amide bonds. The molecule has 0 spiro atoms. The van der Waals surface area contributed by atoms with E-state index >= 15 is 0 Å². The molecule has 5 heteroatoms. The number of rotatable bonds is 11. The molecule has 0 saturated carbocycles. The van der Waals surface area contributed by atoms with Gasteiger partial charge in [0, 0.05) is 37.7 Å². The monoisotopic (exact) mass is 503 g/mol. The minimum atomic E-state index is 0.701. The van der Waals surface area contributed by atoms with Crippen LogP contribution in [0.25, 0.3) is 11.1 Å². The number of ether oxygens (including phenoxy) is 1. The minimum absolute atomic E-state index is 0.701.